The second kappa shape index (κ2) is 5.10. The topological polar surface area (TPSA) is 81.1 Å². The second-order valence-corrected chi connectivity index (χ2v) is 5.08. The Hall–Kier alpha value is -1.36. The Morgan fingerprint density at radius 3 is 2.83 bits per heavy atom. The van der Waals surface area contributed by atoms with Gasteiger partial charge in [0, 0.05) is 30.9 Å². The fraction of sp³-hybridized carbons (Fsp3) is 0.692. The van der Waals surface area contributed by atoms with Gasteiger partial charge in [-0.1, -0.05) is 13.3 Å². The number of rotatable bonds is 6. The van der Waals surface area contributed by atoms with Gasteiger partial charge in [-0.05, 0) is 25.3 Å². The average Bonchev–Trinajstić information content (AvgIpc) is 2.71. The molecule has 1 aromatic rings. The Bertz CT molecular complexity index is 424. The Morgan fingerprint density at radius 1 is 1.67 bits per heavy atom. The van der Waals surface area contributed by atoms with E-state index in [1.807, 2.05) is 10.7 Å². The van der Waals surface area contributed by atoms with Gasteiger partial charge < -0.3 is 10.8 Å². The standard InChI is InChI=1S/C13H21N3O2/c1-2-8-16-11(4-7-15-16)10(9-14)13(12(17)18)5-3-6-13/h4,7,10H,2-3,5-6,8-9,14H2,1H3,(H,17,18)/t10-/m1/s1. The third-order valence-electron chi connectivity index (χ3n) is 4.12. The van der Waals surface area contributed by atoms with Gasteiger partial charge in [-0.3, -0.25) is 9.48 Å². The zero-order valence-corrected chi connectivity index (χ0v) is 10.8. The van der Waals surface area contributed by atoms with Crippen molar-refractivity contribution in [3.05, 3.63) is 18.0 Å². The lowest BCUT2D eigenvalue weighted by molar-refractivity contribution is -0.156. The number of nitrogens with zero attached hydrogens (tertiary/aromatic N) is 2. The molecule has 0 bridgehead atoms. The Kier molecular flexibility index (Phi) is 3.71. The number of carboxylic acids is 1. The van der Waals surface area contributed by atoms with Gasteiger partial charge in [0.05, 0.1) is 5.41 Å². The van der Waals surface area contributed by atoms with Gasteiger partial charge in [0.1, 0.15) is 0 Å². The highest BCUT2D eigenvalue weighted by Gasteiger charge is 2.51. The summed E-state index contributed by atoms with van der Waals surface area (Å²) >= 11 is 0. The molecule has 5 nitrogen and oxygen atoms in total. The summed E-state index contributed by atoms with van der Waals surface area (Å²) in [6.45, 7) is 3.26. The van der Waals surface area contributed by atoms with Crippen LogP contribution in [0.15, 0.2) is 12.3 Å². The number of aryl methyl sites for hydroxylation is 1. The summed E-state index contributed by atoms with van der Waals surface area (Å²) in [5.74, 6) is -0.841. The van der Waals surface area contributed by atoms with Crippen LogP contribution in [0.5, 0.6) is 0 Å². The van der Waals surface area contributed by atoms with E-state index in [4.69, 9.17) is 5.73 Å². The number of aromatic nitrogens is 2. The maximum atomic E-state index is 11.6. The van der Waals surface area contributed by atoms with E-state index >= 15 is 0 Å². The van der Waals surface area contributed by atoms with Gasteiger partial charge in [0.15, 0.2) is 0 Å². The van der Waals surface area contributed by atoms with Crippen molar-refractivity contribution in [2.24, 2.45) is 11.1 Å². The summed E-state index contributed by atoms with van der Waals surface area (Å²) in [4.78, 5) is 11.6. The maximum absolute atomic E-state index is 11.6. The molecule has 0 radical (unpaired) electrons. The fourth-order valence-corrected chi connectivity index (χ4v) is 2.94. The van der Waals surface area contributed by atoms with E-state index in [-0.39, 0.29) is 5.92 Å². The van der Waals surface area contributed by atoms with E-state index in [2.05, 4.69) is 12.0 Å². The molecule has 0 unspecified atom stereocenters. The number of hydrogen-bond donors (Lipinski definition) is 2. The summed E-state index contributed by atoms with van der Waals surface area (Å²) < 4.78 is 1.90. The molecule has 1 aromatic heterocycles. The molecule has 1 heterocycles. The first-order valence-corrected chi connectivity index (χ1v) is 6.61. The van der Waals surface area contributed by atoms with Crippen LogP contribution in [-0.2, 0) is 11.3 Å². The molecule has 1 atom stereocenters. The van der Waals surface area contributed by atoms with Crippen molar-refractivity contribution in [3.63, 3.8) is 0 Å². The van der Waals surface area contributed by atoms with Crippen molar-refractivity contribution in [1.29, 1.82) is 0 Å². The molecule has 0 saturated heterocycles. The lowest BCUT2D eigenvalue weighted by Crippen LogP contribution is -2.46. The van der Waals surface area contributed by atoms with Gasteiger partial charge in [0.25, 0.3) is 0 Å². The van der Waals surface area contributed by atoms with Gasteiger partial charge in [-0.25, -0.2) is 0 Å². The van der Waals surface area contributed by atoms with Crippen LogP contribution < -0.4 is 5.73 Å². The first-order chi connectivity index (χ1) is 8.65. The Balaban J connectivity index is 2.32. The zero-order valence-electron chi connectivity index (χ0n) is 10.8. The molecule has 3 N–H and O–H groups in total. The SMILES string of the molecule is CCCn1nccc1[C@@H](CN)C1(C(=O)O)CCC1. The Labute approximate surface area is 107 Å². The predicted octanol–water partition coefficient (Wildman–Crippen LogP) is 1.59. The molecule has 1 fully saturated rings. The molecular formula is C13H21N3O2. The van der Waals surface area contributed by atoms with E-state index in [0.29, 0.717) is 6.54 Å². The van der Waals surface area contributed by atoms with Crippen LogP contribution in [0.25, 0.3) is 0 Å². The average molecular weight is 251 g/mol. The monoisotopic (exact) mass is 251 g/mol. The molecule has 0 aromatic carbocycles. The minimum Gasteiger partial charge on any atom is -0.481 e. The van der Waals surface area contributed by atoms with Gasteiger partial charge >= 0.3 is 5.97 Å². The van der Waals surface area contributed by atoms with E-state index < -0.39 is 11.4 Å². The van der Waals surface area contributed by atoms with Crippen LogP contribution >= 0.6 is 0 Å². The number of carboxylic acid groups (broad SMARTS) is 1. The summed E-state index contributed by atoms with van der Waals surface area (Å²) in [7, 11) is 0. The molecule has 1 aliphatic carbocycles. The lowest BCUT2D eigenvalue weighted by atomic mass is 9.60. The molecule has 1 aliphatic rings. The van der Waals surface area contributed by atoms with Crippen LogP contribution in [0.3, 0.4) is 0 Å². The van der Waals surface area contributed by atoms with Crippen molar-refractivity contribution in [1.82, 2.24) is 9.78 Å². The summed E-state index contributed by atoms with van der Waals surface area (Å²) in [5.41, 5.74) is 6.17. The van der Waals surface area contributed by atoms with Crippen molar-refractivity contribution in [2.75, 3.05) is 6.54 Å². The highest BCUT2D eigenvalue weighted by atomic mass is 16.4. The lowest BCUT2D eigenvalue weighted by Gasteiger charge is -2.43. The maximum Gasteiger partial charge on any atom is 0.310 e. The number of carbonyl (C=O) groups is 1. The van der Waals surface area contributed by atoms with Gasteiger partial charge in [-0.15, -0.1) is 0 Å². The summed E-state index contributed by atoms with van der Waals surface area (Å²) in [6.07, 6.45) is 5.14. The molecule has 100 valence electrons. The second-order valence-electron chi connectivity index (χ2n) is 5.08. The fourth-order valence-electron chi connectivity index (χ4n) is 2.94. The third kappa shape index (κ3) is 1.92. The van der Waals surface area contributed by atoms with E-state index in [1.165, 1.54) is 0 Å². The normalized spacial score (nSPS) is 19.2. The van der Waals surface area contributed by atoms with E-state index in [9.17, 15) is 9.90 Å². The van der Waals surface area contributed by atoms with E-state index in [0.717, 1.165) is 37.9 Å². The van der Waals surface area contributed by atoms with E-state index in [1.54, 1.807) is 6.20 Å². The number of hydrogen-bond acceptors (Lipinski definition) is 3. The smallest absolute Gasteiger partial charge is 0.310 e. The van der Waals surface area contributed by atoms with Crippen molar-refractivity contribution >= 4 is 5.97 Å². The van der Waals surface area contributed by atoms with Crippen molar-refractivity contribution in [2.45, 2.75) is 45.1 Å². The van der Waals surface area contributed by atoms with Crippen molar-refractivity contribution < 1.29 is 9.90 Å². The minimum absolute atomic E-state index is 0.127. The molecule has 0 spiro atoms. The van der Waals surface area contributed by atoms with Crippen LogP contribution in [0.4, 0.5) is 0 Å². The highest BCUT2D eigenvalue weighted by molar-refractivity contribution is 5.77. The summed E-state index contributed by atoms with van der Waals surface area (Å²) in [6, 6.07) is 1.91. The Morgan fingerprint density at radius 2 is 2.39 bits per heavy atom. The van der Waals surface area contributed by atoms with Crippen LogP contribution in [0, 0.1) is 5.41 Å². The molecule has 2 rings (SSSR count). The first-order valence-electron chi connectivity index (χ1n) is 6.61. The third-order valence-corrected chi connectivity index (χ3v) is 4.12. The van der Waals surface area contributed by atoms with Crippen molar-refractivity contribution in [3.8, 4) is 0 Å². The number of aliphatic carboxylic acids is 1. The molecule has 5 heteroatoms. The van der Waals surface area contributed by atoms with Gasteiger partial charge in [-0.2, -0.15) is 5.10 Å². The predicted molar refractivity (Wildman–Crippen MR) is 68.2 cm³/mol. The van der Waals surface area contributed by atoms with Crippen LogP contribution in [0.1, 0.15) is 44.2 Å². The molecule has 18 heavy (non-hydrogen) atoms. The largest absolute Gasteiger partial charge is 0.481 e. The summed E-state index contributed by atoms with van der Waals surface area (Å²) in [5, 5.41) is 13.8. The van der Waals surface area contributed by atoms with Gasteiger partial charge in [0.2, 0.25) is 0 Å². The number of nitrogens with two attached hydrogens (primary N) is 1. The highest BCUT2D eigenvalue weighted by Crippen LogP contribution is 2.51. The molecule has 0 amide bonds. The quantitative estimate of drug-likeness (QED) is 0.804. The molecule has 1 saturated carbocycles. The molecule has 0 aliphatic heterocycles. The van der Waals surface area contributed by atoms with Crippen LogP contribution in [-0.4, -0.2) is 27.4 Å². The molecular weight excluding hydrogens is 230 g/mol. The van der Waals surface area contributed by atoms with Crippen LogP contribution in [0.2, 0.25) is 0 Å². The minimum atomic E-state index is -0.714. The zero-order chi connectivity index (χ0) is 13.2. The first kappa shape index (κ1) is 13.1.